The highest BCUT2D eigenvalue weighted by atomic mass is 16.1. The van der Waals surface area contributed by atoms with Crippen LogP contribution in [0.5, 0.6) is 0 Å². The van der Waals surface area contributed by atoms with Crippen LogP contribution in [0.15, 0.2) is 11.6 Å². The van der Waals surface area contributed by atoms with E-state index in [2.05, 4.69) is 12.1 Å². The van der Waals surface area contributed by atoms with Crippen molar-refractivity contribution in [2.45, 2.75) is 44.9 Å². The number of hydrogen-bond acceptors (Lipinski definition) is 3. The van der Waals surface area contributed by atoms with E-state index in [1.165, 1.54) is 0 Å². The van der Waals surface area contributed by atoms with Crippen molar-refractivity contribution >= 4 is 5.78 Å². The van der Waals surface area contributed by atoms with Gasteiger partial charge in [-0.3, -0.25) is 4.79 Å². The number of hydrogen-bond donors (Lipinski definition) is 0. The molecule has 3 rings (SSSR count). The Morgan fingerprint density at radius 3 is 2.61 bits per heavy atom. The van der Waals surface area contributed by atoms with Gasteiger partial charge in [0.15, 0.2) is 11.2 Å². The Bertz CT molecular complexity index is 506. The minimum absolute atomic E-state index is 0.172. The first kappa shape index (κ1) is 11.5. The lowest BCUT2D eigenvalue weighted by Crippen LogP contribution is -2.20. The Morgan fingerprint density at radius 2 is 1.94 bits per heavy atom. The molecule has 18 heavy (non-hydrogen) atoms. The Morgan fingerprint density at radius 1 is 1.17 bits per heavy atom. The fourth-order valence-electron chi connectivity index (χ4n) is 4.37. The Labute approximate surface area is 107 Å². The topological polar surface area (TPSA) is 64.7 Å². The van der Waals surface area contributed by atoms with E-state index in [4.69, 9.17) is 0 Å². The summed E-state index contributed by atoms with van der Waals surface area (Å²) in [6.45, 7) is 0. The molecule has 2 unspecified atom stereocenters. The SMILES string of the molecule is N#CC1(C#N)C2CCCCC21C1=CC(=O)CCC1. The molecule has 0 amide bonds. The third-order valence-electron chi connectivity index (χ3n) is 5.18. The number of ketones is 1. The van der Waals surface area contributed by atoms with Crippen LogP contribution in [0, 0.1) is 39.4 Å². The Kier molecular flexibility index (Phi) is 2.35. The summed E-state index contributed by atoms with van der Waals surface area (Å²) in [6.07, 6.45) is 8.21. The van der Waals surface area contributed by atoms with Crippen LogP contribution in [0.4, 0.5) is 0 Å². The van der Waals surface area contributed by atoms with Gasteiger partial charge in [-0.25, -0.2) is 0 Å². The zero-order valence-electron chi connectivity index (χ0n) is 10.4. The van der Waals surface area contributed by atoms with Crippen LogP contribution in [0.25, 0.3) is 0 Å². The highest BCUT2D eigenvalue weighted by molar-refractivity contribution is 5.91. The number of carbonyl (C=O) groups excluding carboxylic acids is 1. The van der Waals surface area contributed by atoms with E-state index in [-0.39, 0.29) is 17.1 Å². The minimum atomic E-state index is -0.840. The number of nitriles is 2. The fourth-order valence-corrected chi connectivity index (χ4v) is 4.37. The van der Waals surface area contributed by atoms with Crippen molar-refractivity contribution in [3.63, 3.8) is 0 Å². The van der Waals surface area contributed by atoms with Gasteiger partial charge in [0.25, 0.3) is 0 Å². The van der Waals surface area contributed by atoms with Crippen molar-refractivity contribution in [1.82, 2.24) is 0 Å². The van der Waals surface area contributed by atoms with Crippen molar-refractivity contribution in [2.24, 2.45) is 16.7 Å². The van der Waals surface area contributed by atoms with Crippen LogP contribution in [-0.2, 0) is 4.79 Å². The predicted octanol–water partition coefficient (Wildman–Crippen LogP) is 2.89. The lowest BCUT2D eigenvalue weighted by Gasteiger charge is -2.27. The van der Waals surface area contributed by atoms with Crippen LogP contribution in [-0.4, -0.2) is 5.78 Å². The molecule has 0 spiro atoms. The molecule has 2 saturated carbocycles. The van der Waals surface area contributed by atoms with Gasteiger partial charge in [-0.2, -0.15) is 10.5 Å². The molecule has 0 aromatic carbocycles. The van der Waals surface area contributed by atoms with E-state index in [0.717, 1.165) is 44.1 Å². The lowest BCUT2D eigenvalue weighted by atomic mass is 9.75. The molecule has 0 aromatic heterocycles. The van der Waals surface area contributed by atoms with Gasteiger partial charge in [-0.15, -0.1) is 0 Å². The Balaban J connectivity index is 2.06. The molecule has 0 N–H and O–H groups in total. The van der Waals surface area contributed by atoms with Crippen molar-refractivity contribution in [3.8, 4) is 12.1 Å². The van der Waals surface area contributed by atoms with Crippen LogP contribution < -0.4 is 0 Å². The third-order valence-corrected chi connectivity index (χ3v) is 5.18. The summed E-state index contributed by atoms with van der Waals surface area (Å²) in [5.74, 6) is 0.345. The van der Waals surface area contributed by atoms with Crippen molar-refractivity contribution in [3.05, 3.63) is 11.6 Å². The van der Waals surface area contributed by atoms with E-state index in [0.29, 0.717) is 6.42 Å². The highest BCUT2D eigenvalue weighted by Crippen LogP contribution is 2.78. The maximum Gasteiger partial charge on any atom is 0.157 e. The first-order valence-corrected chi connectivity index (χ1v) is 6.77. The number of carbonyl (C=O) groups is 1. The van der Waals surface area contributed by atoms with Crippen LogP contribution in [0.2, 0.25) is 0 Å². The van der Waals surface area contributed by atoms with E-state index < -0.39 is 5.41 Å². The van der Waals surface area contributed by atoms with Gasteiger partial charge in [0.2, 0.25) is 0 Å². The monoisotopic (exact) mass is 240 g/mol. The number of allylic oxidation sites excluding steroid dienone is 2. The molecule has 3 nitrogen and oxygen atoms in total. The van der Waals surface area contributed by atoms with Gasteiger partial charge in [0, 0.05) is 17.8 Å². The second-order valence-electron chi connectivity index (χ2n) is 5.79. The fraction of sp³-hybridized carbons (Fsp3) is 0.667. The number of fused-ring (bicyclic) bond motifs is 1. The van der Waals surface area contributed by atoms with Gasteiger partial charge in [0.1, 0.15) is 0 Å². The zero-order valence-corrected chi connectivity index (χ0v) is 10.4. The molecular weight excluding hydrogens is 224 g/mol. The summed E-state index contributed by atoms with van der Waals surface area (Å²) in [6, 6.07) is 4.57. The summed E-state index contributed by atoms with van der Waals surface area (Å²) < 4.78 is 0. The zero-order chi connectivity index (χ0) is 12.8. The minimum Gasteiger partial charge on any atom is -0.295 e. The van der Waals surface area contributed by atoms with Crippen molar-refractivity contribution in [2.75, 3.05) is 0 Å². The summed E-state index contributed by atoms with van der Waals surface area (Å²) in [7, 11) is 0. The van der Waals surface area contributed by atoms with Crippen molar-refractivity contribution < 1.29 is 4.79 Å². The Hall–Kier alpha value is -1.61. The van der Waals surface area contributed by atoms with Crippen LogP contribution in [0.3, 0.4) is 0 Å². The molecule has 0 bridgehead atoms. The quantitative estimate of drug-likeness (QED) is 0.707. The second-order valence-corrected chi connectivity index (χ2v) is 5.79. The van der Waals surface area contributed by atoms with Crippen LogP contribution >= 0.6 is 0 Å². The molecule has 3 aliphatic carbocycles. The molecule has 2 atom stereocenters. The predicted molar refractivity (Wildman–Crippen MR) is 65.0 cm³/mol. The molecule has 92 valence electrons. The molecule has 0 heterocycles. The molecule has 0 saturated heterocycles. The van der Waals surface area contributed by atoms with E-state index in [1.54, 1.807) is 6.08 Å². The van der Waals surface area contributed by atoms with E-state index in [9.17, 15) is 15.3 Å². The average molecular weight is 240 g/mol. The average Bonchev–Trinajstić information content (AvgIpc) is 3.03. The molecule has 3 heteroatoms. The molecule has 0 aliphatic heterocycles. The maximum absolute atomic E-state index is 11.6. The summed E-state index contributed by atoms with van der Waals surface area (Å²) >= 11 is 0. The van der Waals surface area contributed by atoms with Gasteiger partial charge in [-0.05, 0) is 31.8 Å². The van der Waals surface area contributed by atoms with E-state index in [1.807, 2.05) is 0 Å². The molecule has 0 aromatic rings. The van der Waals surface area contributed by atoms with Gasteiger partial charge < -0.3 is 0 Å². The van der Waals surface area contributed by atoms with Gasteiger partial charge in [0.05, 0.1) is 12.1 Å². The first-order valence-electron chi connectivity index (χ1n) is 6.77. The standard InChI is InChI=1S/C15H16N2O/c16-9-14(10-17)13-6-1-2-7-15(13,14)11-4-3-5-12(18)8-11/h8,13H,1-7H2. The maximum atomic E-state index is 11.6. The smallest absolute Gasteiger partial charge is 0.157 e. The lowest BCUT2D eigenvalue weighted by molar-refractivity contribution is -0.115. The second kappa shape index (κ2) is 3.69. The van der Waals surface area contributed by atoms with Crippen LogP contribution in [0.1, 0.15) is 44.9 Å². The highest BCUT2D eigenvalue weighted by Gasteiger charge is 2.79. The summed E-state index contributed by atoms with van der Waals surface area (Å²) in [4.78, 5) is 11.6. The van der Waals surface area contributed by atoms with E-state index >= 15 is 0 Å². The third kappa shape index (κ3) is 1.15. The molecule has 2 fully saturated rings. The first-order chi connectivity index (χ1) is 8.71. The number of rotatable bonds is 1. The summed E-state index contributed by atoms with van der Waals surface area (Å²) in [5, 5.41) is 18.9. The normalized spacial score (nSPS) is 36.9. The molecular formula is C15H16N2O. The largest absolute Gasteiger partial charge is 0.295 e. The van der Waals surface area contributed by atoms with Gasteiger partial charge >= 0.3 is 0 Å². The molecule has 0 radical (unpaired) electrons. The summed E-state index contributed by atoms with van der Waals surface area (Å²) in [5.41, 5.74) is -0.0100. The van der Waals surface area contributed by atoms with Gasteiger partial charge in [-0.1, -0.05) is 18.4 Å². The molecule has 3 aliphatic rings. The van der Waals surface area contributed by atoms with Crippen molar-refractivity contribution in [1.29, 1.82) is 10.5 Å². The number of nitrogens with zero attached hydrogens (tertiary/aromatic N) is 2.